The van der Waals surface area contributed by atoms with Gasteiger partial charge in [-0.1, -0.05) is 30.3 Å². The average molecular weight is 306 g/mol. The molecule has 0 saturated heterocycles. The van der Waals surface area contributed by atoms with Crippen LogP contribution in [0, 0.1) is 6.92 Å². The maximum absolute atomic E-state index is 12.7. The molecule has 4 heteroatoms. The van der Waals surface area contributed by atoms with Crippen LogP contribution in [-0.2, 0) is 0 Å². The second kappa shape index (κ2) is 5.02. The van der Waals surface area contributed by atoms with E-state index in [0.717, 1.165) is 5.56 Å². The Morgan fingerprint density at radius 1 is 1.17 bits per heavy atom. The van der Waals surface area contributed by atoms with E-state index in [0.29, 0.717) is 34.8 Å². The largest absolute Gasteiger partial charge is 0.507 e. The van der Waals surface area contributed by atoms with Gasteiger partial charge < -0.3 is 14.3 Å². The minimum Gasteiger partial charge on any atom is -0.507 e. The first-order valence-electron chi connectivity index (χ1n) is 7.35. The predicted molar refractivity (Wildman–Crippen MR) is 88.9 cm³/mol. The first kappa shape index (κ1) is 13.6. The molecule has 4 nitrogen and oxygen atoms in total. The van der Waals surface area contributed by atoms with Crippen LogP contribution < -0.4 is 10.2 Å². The summed E-state index contributed by atoms with van der Waals surface area (Å²) in [6.07, 6.45) is 3.70. The van der Waals surface area contributed by atoms with E-state index in [1.807, 2.05) is 42.5 Å². The van der Waals surface area contributed by atoms with Crippen molar-refractivity contribution in [3.05, 3.63) is 63.8 Å². The molecule has 0 aliphatic carbocycles. The van der Waals surface area contributed by atoms with Gasteiger partial charge in [0.25, 0.3) is 0 Å². The second-order valence-corrected chi connectivity index (χ2v) is 5.48. The second-order valence-electron chi connectivity index (χ2n) is 5.48. The minimum atomic E-state index is -0.232. The van der Waals surface area contributed by atoms with Crippen molar-refractivity contribution in [2.24, 2.45) is 0 Å². The summed E-state index contributed by atoms with van der Waals surface area (Å²) in [6.45, 7) is 2.14. The highest BCUT2D eigenvalue weighted by molar-refractivity contribution is 5.94. The van der Waals surface area contributed by atoms with E-state index < -0.39 is 0 Å². The van der Waals surface area contributed by atoms with E-state index >= 15 is 0 Å². The number of ether oxygens (including phenoxy) is 1. The molecule has 1 aliphatic heterocycles. The van der Waals surface area contributed by atoms with Gasteiger partial charge in [-0.15, -0.1) is 0 Å². The van der Waals surface area contributed by atoms with Crippen LogP contribution in [0.4, 0.5) is 0 Å². The summed E-state index contributed by atoms with van der Waals surface area (Å²) in [7, 11) is 0. The zero-order chi connectivity index (χ0) is 16.0. The lowest BCUT2D eigenvalue weighted by Crippen LogP contribution is -2.10. The Balaban J connectivity index is 2.15. The van der Waals surface area contributed by atoms with Gasteiger partial charge in [-0.25, -0.2) is 0 Å². The summed E-state index contributed by atoms with van der Waals surface area (Å²) >= 11 is 0. The molecule has 0 radical (unpaired) electrons. The maximum Gasteiger partial charge on any atom is 0.200 e. The fourth-order valence-corrected chi connectivity index (χ4v) is 2.88. The molecule has 3 aromatic rings. The fraction of sp³-hybridized carbons (Fsp3) is 0.105. The molecule has 2 aromatic carbocycles. The fourth-order valence-electron chi connectivity index (χ4n) is 2.88. The van der Waals surface area contributed by atoms with E-state index in [9.17, 15) is 9.90 Å². The number of fused-ring (bicyclic) bond motifs is 3. The minimum absolute atomic E-state index is 0.120. The number of hydrogen-bond donors (Lipinski definition) is 1. The number of hydrogen-bond acceptors (Lipinski definition) is 4. The van der Waals surface area contributed by atoms with Gasteiger partial charge in [0.2, 0.25) is 0 Å². The Bertz CT molecular complexity index is 998. The molecule has 0 spiro atoms. The smallest absolute Gasteiger partial charge is 0.200 e. The normalized spacial score (nSPS) is 12.9. The molecule has 1 N–H and O–H groups in total. The zero-order valence-corrected chi connectivity index (χ0v) is 12.5. The quantitative estimate of drug-likeness (QED) is 0.741. The summed E-state index contributed by atoms with van der Waals surface area (Å²) in [5.74, 6) is 0.906. The average Bonchev–Trinajstić information content (AvgIpc) is 2.58. The standard InChI is InChI=1S/C19H14O4/c1-11-17(21)16-14(20)10-15-13(8-5-9-22-15)19(16)23-18(11)12-6-3-2-4-7-12/h2-8,10,20H,9H2,1H3. The van der Waals surface area contributed by atoms with Crippen molar-refractivity contribution >= 4 is 17.0 Å². The van der Waals surface area contributed by atoms with Gasteiger partial charge in [-0.2, -0.15) is 0 Å². The molecule has 0 bridgehead atoms. The Morgan fingerprint density at radius 3 is 2.74 bits per heavy atom. The van der Waals surface area contributed by atoms with Crippen LogP contribution >= 0.6 is 0 Å². The summed E-state index contributed by atoms with van der Waals surface area (Å²) in [5, 5.41) is 10.4. The van der Waals surface area contributed by atoms with Crippen molar-refractivity contribution in [3.8, 4) is 22.8 Å². The third kappa shape index (κ3) is 2.03. The van der Waals surface area contributed by atoms with Crippen molar-refractivity contribution < 1.29 is 14.3 Å². The van der Waals surface area contributed by atoms with Crippen LogP contribution in [0.3, 0.4) is 0 Å². The molecule has 2 heterocycles. The third-order valence-corrected chi connectivity index (χ3v) is 4.03. The van der Waals surface area contributed by atoms with Crippen LogP contribution in [0.15, 0.2) is 51.7 Å². The molecule has 0 saturated carbocycles. The molecule has 0 atom stereocenters. The molecule has 0 unspecified atom stereocenters. The molecule has 0 fully saturated rings. The Labute approximate surface area is 132 Å². The topological polar surface area (TPSA) is 59.7 Å². The first-order chi connectivity index (χ1) is 11.2. The van der Waals surface area contributed by atoms with Gasteiger partial charge in [-0.3, -0.25) is 4.79 Å². The molecule has 1 aliphatic rings. The Hall–Kier alpha value is -3.01. The van der Waals surface area contributed by atoms with Crippen molar-refractivity contribution in [3.63, 3.8) is 0 Å². The van der Waals surface area contributed by atoms with Crippen molar-refractivity contribution in [1.82, 2.24) is 0 Å². The number of phenolic OH excluding ortho intramolecular Hbond substituents is 1. The van der Waals surface area contributed by atoms with Crippen molar-refractivity contribution in [1.29, 1.82) is 0 Å². The number of aromatic hydroxyl groups is 1. The molecule has 23 heavy (non-hydrogen) atoms. The van der Waals surface area contributed by atoms with Gasteiger partial charge >= 0.3 is 0 Å². The van der Waals surface area contributed by atoms with Gasteiger partial charge in [0.15, 0.2) is 11.0 Å². The lowest BCUT2D eigenvalue weighted by atomic mass is 10.0. The highest BCUT2D eigenvalue weighted by Gasteiger charge is 2.21. The van der Waals surface area contributed by atoms with E-state index in [1.165, 1.54) is 6.07 Å². The van der Waals surface area contributed by atoms with Gasteiger partial charge in [0, 0.05) is 17.2 Å². The van der Waals surface area contributed by atoms with Crippen LogP contribution in [0.5, 0.6) is 11.5 Å². The lowest BCUT2D eigenvalue weighted by molar-refractivity contribution is 0.355. The van der Waals surface area contributed by atoms with Crippen LogP contribution in [-0.4, -0.2) is 11.7 Å². The van der Waals surface area contributed by atoms with Gasteiger partial charge in [0.1, 0.15) is 29.3 Å². The third-order valence-electron chi connectivity index (χ3n) is 4.03. The maximum atomic E-state index is 12.7. The molecule has 114 valence electrons. The first-order valence-corrected chi connectivity index (χ1v) is 7.35. The lowest BCUT2D eigenvalue weighted by Gasteiger charge is -2.16. The van der Waals surface area contributed by atoms with E-state index in [4.69, 9.17) is 9.15 Å². The van der Waals surface area contributed by atoms with Crippen molar-refractivity contribution in [2.45, 2.75) is 6.92 Å². The molecular weight excluding hydrogens is 292 g/mol. The molecule has 1 aromatic heterocycles. The molecule has 4 rings (SSSR count). The summed E-state index contributed by atoms with van der Waals surface area (Å²) in [5.41, 5.74) is 2.09. The number of benzene rings is 2. The monoisotopic (exact) mass is 306 g/mol. The molecular formula is C19H14O4. The van der Waals surface area contributed by atoms with Crippen molar-refractivity contribution in [2.75, 3.05) is 6.61 Å². The Kier molecular flexibility index (Phi) is 2.98. The van der Waals surface area contributed by atoms with Crippen LogP contribution in [0.25, 0.3) is 28.4 Å². The summed E-state index contributed by atoms with van der Waals surface area (Å²) < 4.78 is 11.6. The van der Waals surface area contributed by atoms with E-state index in [2.05, 4.69) is 0 Å². The van der Waals surface area contributed by atoms with E-state index in [1.54, 1.807) is 6.92 Å². The molecule has 0 amide bonds. The number of phenols is 1. The van der Waals surface area contributed by atoms with Crippen LogP contribution in [0.1, 0.15) is 11.1 Å². The summed E-state index contributed by atoms with van der Waals surface area (Å²) in [6, 6.07) is 10.9. The highest BCUT2D eigenvalue weighted by Crippen LogP contribution is 2.38. The van der Waals surface area contributed by atoms with Gasteiger partial charge in [0.05, 0.1) is 5.56 Å². The van der Waals surface area contributed by atoms with E-state index in [-0.39, 0.29) is 16.6 Å². The number of rotatable bonds is 1. The van der Waals surface area contributed by atoms with Gasteiger partial charge in [-0.05, 0) is 19.1 Å². The Morgan fingerprint density at radius 2 is 1.96 bits per heavy atom. The highest BCUT2D eigenvalue weighted by atomic mass is 16.5. The van der Waals surface area contributed by atoms with Crippen LogP contribution in [0.2, 0.25) is 0 Å². The predicted octanol–water partition coefficient (Wildman–Crippen LogP) is 3.88. The SMILES string of the molecule is Cc1c(-c2ccccc2)oc2c3c(cc(O)c2c1=O)OCC=C3. The summed E-state index contributed by atoms with van der Waals surface area (Å²) in [4.78, 5) is 12.7. The zero-order valence-electron chi connectivity index (χ0n) is 12.5.